The van der Waals surface area contributed by atoms with Crippen LogP contribution in [0.4, 0.5) is 57.1 Å². The van der Waals surface area contributed by atoms with Crippen molar-refractivity contribution in [2.75, 3.05) is 33.7 Å². The molecule has 0 unspecified atom stereocenters. The number of carbonyl (C=O) groups is 1. The van der Waals surface area contributed by atoms with Gasteiger partial charge >= 0.3 is 64.7 Å². The third-order valence-electron chi connectivity index (χ3n) is 4.15. The van der Waals surface area contributed by atoms with E-state index >= 15 is 0 Å². The van der Waals surface area contributed by atoms with Gasteiger partial charge in [-0.1, -0.05) is 0 Å². The molecule has 0 amide bonds. The van der Waals surface area contributed by atoms with Gasteiger partial charge in [-0.2, -0.15) is 61.4 Å². The minimum absolute atomic E-state index is 0. The summed E-state index contributed by atoms with van der Waals surface area (Å²) in [4.78, 5) is 11.7. The number of aliphatic carboxylic acids is 1. The standard InChI is InChI=1S/C14H17F13N2O4S.Na/c1-28(2)5-3-6-29(7-4-8(30)31)34(32,33)14(26,27)12(21,22)10(17,18)9(15,16)11(19,20)13(23,24)25;/h3-7H2,1-2H3,(H,30,31);/q;+1/p-1. The van der Waals surface area contributed by atoms with Crippen LogP contribution in [0.2, 0.25) is 0 Å². The van der Waals surface area contributed by atoms with Crippen LogP contribution in [0.15, 0.2) is 0 Å². The Kier molecular flexibility index (Phi) is 12.0. The average Bonchev–Trinajstić information content (AvgIpc) is 2.61. The summed E-state index contributed by atoms with van der Waals surface area (Å²) in [7, 11) is -4.62. The zero-order valence-electron chi connectivity index (χ0n) is 17.9. The van der Waals surface area contributed by atoms with Crippen molar-refractivity contribution in [3.05, 3.63) is 0 Å². The molecule has 0 aromatic heterocycles. The topological polar surface area (TPSA) is 80.8 Å². The minimum Gasteiger partial charge on any atom is -0.550 e. The van der Waals surface area contributed by atoms with Gasteiger partial charge in [0.2, 0.25) is 0 Å². The molecule has 0 radical (unpaired) electrons. The van der Waals surface area contributed by atoms with Crippen LogP contribution < -0.4 is 34.7 Å². The second-order valence-electron chi connectivity index (χ2n) is 7.00. The third kappa shape index (κ3) is 6.66. The molecule has 0 saturated heterocycles. The van der Waals surface area contributed by atoms with Crippen LogP contribution in [0, 0.1) is 0 Å². The van der Waals surface area contributed by atoms with Crippen molar-refractivity contribution in [3.63, 3.8) is 0 Å². The molecule has 0 saturated carbocycles. The number of nitrogens with zero attached hydrogens (tertiary/aromatic N) is 2. The Bertz CT molecular complexity index is 835. The molecule has 0 bridgehead atoms. The summed E-state index contributed by atoms with van der Waals surface area (Å²) in [5.41, 5.74) is 0. The largest absolute Gasteiger partial charge is 1.00 e. The summed E-state index contributed by atoms with van der Waals surface area (Å²) in [6.45, 7) is -3.14. The molecule has 0 aliphatic heterocycles. The molecular formula is C14H16F13N2NaO4S. The number of carbonyl (C=O) groups excluding carboxylic acids is 1. The molecule has 0 atom stereocenters. The smallest absolute Gasteiger partial charge is 0.550 e. The maximum Gasteiger partial charge on any atom is 1.00 e. The summed E-state index contributed by atoms with van der Waals surface area (Å²) >= 11 is 0. The van der Waals surface area contributed by atoms with Crippen molar-refractivity contribution in [1.82, 2.24) is 9.21 Å². The zero-order chi connectivity index (χ0) is 27.8. The third-order valence-corrected chi connectivity index (χ3v) is 6.10. The molecule has 0 aromatic rings. The normalized spacial score (nSPS) is 14.9. The van der Waals surface area contributed by atoms with Gasteiger partial charge in [-0.15, -0.1) is 0 Å². The van der Waals surface area contributed by atoms with Crippen molar-refractivity contribution in [3.8, 4) is 0 Å². The number of sulfonamides is 1. The van der Waals surface area contributed by atoms with Crippen molar-refractivity contribution in [2.45, 2.75) is 48.0 Å². The zero-order valence-corrected chi connectivity index (χ0v) is 20.7. The average molecular weight is 578 g/mol. The first-order chi connectivity index (χ1) is 14.7. The molecule has 35 heavy (non-hydrogen) atoms. The minimum atomic E-state index is -8.29. The Morgan fingerprint density at radius 3 is 1.46 bits per heavy atom. The second-order valence-corrected chi connectivity index (χ2v) is 8.97. The summed E-state index contributed by atoms with van der Waals surface area (Å²) in [5, 5.41) is 3.05. The molecule has 0 aromatic carbocycles. The van der Waals surface area contributed by atoms with Crippen molar-refractivity contribution in [1.29, 1.82) is 0 Å². The Morgan fingerprint density at radius 1 is 0.714 bits per heavy atom. The quantitative estimate of drug-likeness (QED) is 0.216. The molecule has 21 heteroatoms. The van der Waals surface area contributed by atoms with E-state index in [1.54, 1.807) is 0 Å². The van der Waals surface area contributed by atoms with E-state index in [4.69, 9.17) is 0 Å². The summed E-state index contributed by atoms with van der Waals surface area (Å²) in [5.74, 6) is -34.8. The summed E-state index contributed by atoms with van der Waals surface area (Å²) in [6, 6.07) is 0. The number of hydrogen-bond acceptors (Lipinski definition) is 5. The number of carboxylic acid groups (broad SMARTS) is 1. The number of hydrogen-bond donors (Lipinski definition) is 0. The summed E-state index contributed by atoms with van der Waals surface area (Å²) in [6.07, 6.45) is -9.70. The van der Waals surface area contributed by atoms with E-state index in [9.17, 15) is 75.4 Å². The van der Waals surface area contributed by atoms with E-state index in [1.165, 1.54) is 19.0 Å². The van der Waals surface area contributed by atoms with Crippen LogP contribution in [0.5, 0.6) is 0 Å². The molecular weight excluding hydrogens is 562 g/mol. The predicted molar refractivity (Wildman–Crippen MR) is 84.1 cm³/mol. The summed E-state index contributed by atoms with van der Waals surface area (Å²) < 4.78 is 195. The Balaban J connectivity index is 0. The fourth-order valence-corrected chi connectivity index (χ4v) is 3.69. The van der Waals surface area contributed by atoms with Gasteiger partial charge in [-0.25, -0.2) is 8.42 Å². The fourth-order valence-electron chi connectivity index (χ4n) is 2.21. The number of rotatable bonds is 13. The van der Waals surface area contributed by atoms with Crippen LogP contribution in [0.3, 0.4) is 0 Å². The van der Waals surface area contributed by atoms with Gasteiger partial charge in [0.25, 0.3) is 10.0 Å². The maximum atomic E-state index is 14.2. The van der Waals surface area contributed by atoms with Crippen molar-refractivity contribution < 1.29 is 105 Å². The van der Waals surface area contributed by atoms with E-state index in [2.05, 4.69) is 0 Å². The molecule has 0 aliphatic carbocycles. The Hall–Kier alpha value is -0.570. The van der Waals surface area contributed by atoms with Gasteiger partial charge in [0.05, 0.1) is 0 Å². The Labute approximate surface area is 211 Å². The van der Waals surface area contributed by atoms with Crippen LogP contribution in [-0.4, -0.2) is 92.4 Å². The second kappa shape index (κ2) is 11.4. The van der Waals surface area contributed by atoms with Crippen LogP contribution in [-0.2, 0) is 14.8 Å². The number of carboxylic acids is 1. The SMILES string of the molecule is CN(C)CCCN(CCC(=O)[O-])S(=O)(=O)C(F)(F)C(F)(F)C(F)(F)C(F)(F)C(F)(F)C(F)(F)F.[Na+]. The Morgan fingerprint density at radius 2 is 1.11 bits per heavy atom. The molecule has 0 N–H and O–H groups in total. The molecule has 0 heterocycles. The predicted octanol–water partition coefficient (Wildman–Crippen LogP) is -0.590. The van der Waals surface area contributed by atoms with E-state index in [0.29, 0.717) is 0 Å². The fraction of sp³-hybridized carbons (Fsp3) is 0.929. The van der Waals surface area contributed by atoms with Gasteiger partial charge in [-0.3, -0.25) is 0 Å². The van der Waals surface area contributed by atoms with Gasteiger partial charge in [0, 0.05) is 25.5 Å². The molecule has 204 valence electrons. The van der Waals surface area contributed by atoms with E-state index in [1.807, 2.05) is 0 Å². The maximum absolute atomic E-state index is 14.2. The van der Waals surface area contributed by atoms with E-state index in [0.717, 1.165) is 0 Å². The molecule has 0 rings (SSSR count). The van der Waals surface area contributed by atoms with Crippen molar-refractivity contribution in [2.24, 2.45) is 0 Å². The van der Waals surface area contributed by atoms with E-state index in [-0.39, 0.29) is 36.1 Å². The van der Waals surface area contributed by atoms with Gasteiger partial charge in [0.1, 0.15) is 0 Å². The van der Waals surface area contributed by atoms with Crippen LogP contribution in [0.1, 0.15) is 12.8 Å². The van der Waals surface area contributed by atoms with Crippen molar-refractivity contribution >= 4 is 16.0 Å². The van der Waals surface area contributed by atoms with Crippen LogP contribution in [0.25, 0.3) is 0 Å². The first kappa shape index (κ1) is 36.6. The van der Waals surface area contributed by atoms with Gasteiger partial charge in [0.15, 0.2) is 0 Å². The monoisotopic (exact) mass is 578 g/mol. The van der Waals surface area contributed by atoms with Gasteiger partial charge < -0.3 is 14.8 Å². The molecule has 0 fully saturated rings. The molecule has 0 aliphatic rings. The first-order valence-electron chi connectivity index (χ1n) is 8.53. The van der Waals surface area contributed by atoms with E-state index < -0.39 is 81.3 Å². The molecule has 6 nitrogen and oxygen atoms in total. The first-order valence-corrected chi connectivity index (χ1v) is 9.97. The number of alkyl halides is 13. The van der Waals surface area contributed by atoms with Crippen LogP contribution >= 0.6 is 0 Å². The van der Waals surface area contributed by atoms with Gasteiger partial charge in [-0.05, 0) is 27.1 Å². The molecule has 0 spiro atoms. The number of halogens is 13.